The smallest absolute Gasteiger partial charge is 0.220 e. The summed E-state index contributed by atoms with van der Waals surface area (Å²) in [6.07, 6.45) is 3.60. The molecule has 1 aromatic rings. The predicted molar refractivity (Wildman–Crippen MR) is 117 cm³/mol. The summed E-state index contributed by atoms with van der Waals surface area (Å²) >= 11 is 3.46. The number of halogens is 2. The van der Waals surface area contributed by atoms with Crippen molar-refractivity contribution in [1.82, 2.24) is 15.5 Å². The lowest BCUT2D eigenvalue weighted by Gasteiger charge is -2.22. The van der Waals surface area contributed by atoms with Crippen molar-refractivity contribution in [3.05, 3.63) is 34.3 Å². The number of rotatable bonds is 8. The number of aliphatic imine (C=N–C) groups is 1. The number of hydrogen-bond acceptors (Lipinski definition) is 2. The number of amides is 1. The Morgan fingerprint density at radius 1 is 1.32 bits per heavy atom. The average molecular weight is 523 g/mol. The van der Waals surface area contributed by atoms with Gasteiger partial charge in [-0.25, -0.2) is 0 Å². The van der Waals surface area contributed by atoms with Gasteiger partial charge in [0.25, 0.3) is 0 Å². The largest absolute Gasteiger partial charge is 0.357 e. The molecule has 0 spiro atoms. The molecule has 0 radical (unpaired) electrons. The highest BCUT2D eigenvalue weighted by Gasteiger charge is 2.22. The van der Waals surface area contributed by atoms with Gasteiger partial charge in [0.05, 0.1) is 0 Å². The van der Waals surface area contributed by atoms with E-state index in [1.165, 1.54) is 5.56 Å². The second-order valence-corrected chi connectivity index (χ2v) is 7.08. The van der Waals surface area contributed by atoms with E-state index in [9.17, 15) is 4.79 Å². The second kappa shape index (κ2) is 11.7. The predicted octanol–water partition coefficient (Wildman–Crippen LogP) is 3.52. The van der Waals surface area contributed by atoms with E-state index in [0.717, 1.165) is 42.8 Å². The maximum absolute atomic E-state index is 11.7. The number of carbonyl (C=O) groups excluding carboxylic acids is 1. The normalized spacial score (nSPS) is 13.8. The van der Waals surface area contributed by atoms with Gasteiger partial charge in [0, 0.05) is 43.6 Å². The van der Waals surface area contributed by atoms with E-state index in [1.54, 1.807) is 0 Å². The van der Waals surface area contributed by atoms with Crippen LogP contribution in [-0.4, -0.2) is 42.9 Å². The maximum atomic E-state index is 11.7. The van der Waals surface area contributed by atoms with Gasteiger partial charge in [-0.05, 0) is 43.9 Å². The van der Waals surface area contributed by atoms with E-state index < -0.39 is 0 Å². The number of benzene rings is 1. The zero-order chi connectivity index (χ0) is 17.4. The fourth-order valence-corrected chi connectivity index (χ4v) is 2.62. The van der Waals surface area contributed by atoms with Crippen LogP contribution in [0.5, 0.6) is 0 Å². The van der Waals surface area contributed by atoms with E-state index in [1.807, 2.05) is 19.2 Å². The lowest BCUT2D eigenvalue weighted by molar-refractivity contribution is -0.121. The highest BCUT2D eigenvalue weighted by atomic mass is 127. The molecule has 1 aromatic carbocycles. The van der Waals surface area contributed by atoms with Crippen molar-refractivity contribution in [1.29, 1.82) is 0 Å². The van der Waals surface area contributed by atoms with Gasteiger partial charge in [-0.2, -0.15) is 0 Å². The summed E-state index contributed by atoms with van der Waals surface area (Å²) in [6.45, 7) is 4.34. The molecule has 25 heavy (non-hydrogen) atoms. The van der Waals surface area contributed by atoms with Crippen molar-refractivity contribution in [2.24, 2.45) is 4.99 Å². The van der Waals surface area contributed by atoms with Crippen LogP contribution in [0.15, 0.2) is 33.7 Å². The van der Waals surface area contributed by atoms with Crippen LogP contribution in [0.2, 0.25) is 0 Å². The number of nitrogens with one attached hydrogen (secondary N) is 2. The monoisotopic (exact) mass is 522 g/mol. The van der Waals surface area contributed by atoms with Crippen LogP contribution >= 0.6 is 39.9 Å². The minimum absolute atomic E-state index is 0. The van der Waals surface area contributed by atoms with Gasteiger partial charge in [0.2, 0.25) is 5.91 Å². The maximum Gasteiger partial charge on any atom is 0.220 e. The van der Waals surface area contributed by atoms with Crippen LogP contribution in [0.25, 0.3) is 0 Å². The average Bonchev–Trinajstić information content (AvgIpc) is 3.36. The molecule has 1 fully saturated rings. The molecule has 0 aliphatic heterocycles. The minimum Gasteiger partial charge on any atom is -0.357 e. The van der Waals surface area contributed by atoms with Crippen LogP contribution < -0.4 is 10.6 Å². The van der Waals surface area contributed by atoms with E-state index in [4.69, 9.17) is 0 Å². The Kier molecular flexibility index (Phi) is 10.4. The summed E-state index contributed by atoms with van der Waals surface area (Å²) in [4.78, 5) is 18.4. The zero-order valence-corrected chi connectivity index (χ0v) is 18.8. The Morgan fingerprint density at radius 3 is 2.60 bits per heavy atom. The van der Waals surface area contributed by atoms with Crippen molar-refractivity contribution in [3.8, 4) is 0 Å². The molecule has 0 unspecified atom stereocenters. The third-order valence-electron chi connectivity index (χ3n) is 3.80. The Hall–Kier alpha value is -0.830. The molecule has 2 N–H and O–H groups in total. The van der Waals surface area contributed by atoms with E-state index in [0.29, 0.717) is 19.0 Å². The van der Waals surface area contributed by atoms with Crippen molar-refractivity contribution in [2.45, 2.75) is 45.2 Å². The summed E-state index contributed by atoms with van der Waals surface area (Å²) in [5, 5.41) is 6.32. The molecule has 140 valence electrons. The van der Waals surface area contributed by atoms with Crippen LogP contribution in [0.4, 0.5) is 0 Å². The van der Waals surface area contributed by atoms with Gasteiger partial charge in [-0.3, -0.25) is 9.79 Å². The van der Waals surface area contributed by atoms with Gasteiger partial charge >= 0.3 is 0 Å². The molecular formula is C18H28BrIN4O. The van der Waals surface area contributed by atoms with Crippen molar-refractivity contribution in [2.75, 3.05) is 20.1 Å². The molecule has 1 aliphatic carbocycles. The summed E-state index contributed by atoms with van der Waals surface area (Å²) in [5.41, 5.74) is 1.23. The summed E-state index contributed by atoms with van der Waals surface area (Å²) in [5.74, 6) is 1.03. The van der Waals surface area contributed by atoms with Gasteiger partial charge in [0.15, 0.2) is 5.96 Å². The van der Waals surface area contributed by atoms with Gasteiger partial charge < -0.3 is 15.5 Å². The third-order valence-corrected chi connectivity index (χ3v) is 4.32. The van der Waals surface area contributed by atoms with Crippen LogP contribution in [0, 0.1) is 0 Å². The van der Waals surface area contributed by atoms with Crippen LogP contribution in [0.3, 0.4) is 0 Å². The van der Waals surface area contributed by atoms with Gasteiger partial charge in [0.1, 0.15) is 0 Å². The SMILES string of the molecule is CCNC(=NCCCC(=O)NC1CC1)N(C)Cc1ccc(Br)cc1.I. The first-order chi connectivity index (χ1) is 11.6. The first kappa shape index (κ1) is 22.2. The van der Waals surface area contributed by atoms with Crippen molar-refractivity contribution in [3.63, 3.8) is 0 Å². The fourth-order valence-electron chi connectivity index (χ4n) is 2.36. The lowest BCUT2D eigenvalue weighted by atomic mass is 10.2. The summed E-state index contributed by atoms with van der Waals surface area (Å²) < 4.78 is 1.08. The molecule has 7 heteroatoms. The van der Waals surface area contributed by atoms with Crippen molar-refractivity contribution >= 4 is 51.8 Å². The number of guanidine groups is 1. The number of hydrogen-bond donors (Lipinski definition) is 2. The molecule has 1 amide bonds. The topological polar surface area (TPSA) is 56.7 Å². The molecule has 2 rings (SSSR count). The Bertz CT molecular complexity index is 561. The van der Waals surface area contributed by atoms with Gasteiger partial charge in [-0.15, -0.1) is 24.0 Å². The van der Waals surface area contributed by atoms with E-state index in [-0.39, 0.29) is 29.9 Å². The van der Waals surface area contributed by atoms with Crippen molar-refractivity contribution < 1.29 is 4.79 Å². The Morgan fingerprint density at radius 2 is 2.00 bits per heavy atom. The number of nitrogens with zero attached hydrogens (tertiary/aromatic N) is 2. The van der Waals surface area contributed by atoms with E-state index >= 15 is 0 Å². The Balaban J connectivity index is 0.00000312. The molecule has 0 saturated heterocycles. The molecule has 1 aliphatic rings. The first-order valence-electron chi connectivity index (χ1n) is 8.61. The molecule has 0 aromatic heterocycles. The highest BCUT2D eigenvalue weighted by molar-refractivity contribution is 14.0. The summed E-state index contributed by atoms with van der Waals surface area (Å²) in [6, 6.07) is 8.74. The third kappa shape index (κ3) is 8.89. The van der Waals surface area contributed by atoms with Crippen LogP contribution in [-0.2, 0) is 11.3 Å². The number of carbonyl (C=O) groups is 1. The lowest BCUT2D eigenvalue weighted by Crippen LogP contribution is -2.38. The molecular weight excluding hydrogens is 495 g/mol. The van der Waals surface area contributed by atoms with Gasteiger partial charge in [-0.1, -0.05) is 28.1 Å². The minimum atomic E-state index is 0. The summed E-state index contributed by atoms with van der Waals surface area (Å²) in [7, 11) is 2.03. The molecule has 0 atom stereocenters. The second-order valence-electron chi connectivity index (χ2n) is 6.16. The standard InChI is InChI=1S/C18H27BrN4O.HI/c1-3-20-18(21-12-4-5-17(24)22-16-10-11-16)23(2)13-14-6-8-15(19)9-7-14;/h6-9,16H,3-5,10-13H2,1-2H3,(H,20,21)(H,22,24);1H. The molecule has 0 heterocycles. The molecule has 5 nitrogen and oxygen atoms in total. The van der Waals surface area contributed by atoms with Crippen LogP contribution in [0.1, 0.15) is 38.2 Å². The fraction of sp³-hybridized carbons (Fsp3) is 0.556. The molecule has 1 saturated carbocycles. The quantitative estimate of drug-likeness (QED) is 0.238. The van der Waals surface area contributed by atoms with E-state index in [2.05, 4.69) is 55.5 Å². The first-order valence-corrected chi connectivity index (χ1v) is 9.41. The highest BCUT2D eigenvalue weighted by Crippen LogP contribution is 2.18. The zero-order valence-electron chi connectivity index (χ0n) is 14.9. The Labute approximate surface area is 176 Å². The molecule has 0 bridgehead atoms.